The monoisotopic (exact) mass is 509 g/mol. The second-order valence-electron chi connectivity index (χ2n) is 10.7. The van der Waals surface area contributed by atoms with E-state index in [-0.39, 0.29) is 53.9 Å². The van der Waals surface area contributed by atoms with Gasteiger partial charge in [0.15, 0.2) is 5.76 Å². The molecule has 2 amide bonds. The maximum atomic E-state index is 13.4. The van der Waals surface area contributed by atoms with Crippen LogP contribution >= 0.6 is 0 Å². The second kappa shape index (κ2) is 10.6. The van der Waals surface area contributed by atoms with Crippen LogP contribution in [0, 0.1) is 11.8 Å². The molecule has 0 bridgehead atoms. The molecule has 0 spiro atoms. The highest BCUT2D eigenvalue weighted by Gasteiger charge is 2.49. The molecule has 2 heterocycles. The second-order valence-corrected chi connectivity index (χ2v) is 13.0. The smallest absolute Gasteiger partial charge is 0.289 e. The SMILES string of the molecule is C[C@H]1CN(C(=O)c2ccco2)C2CC(C3CCC(S(C)(=O)=O)CC3)CCC2N1C(=O)C(O)CCN. The summed E-state index contributed by atoms with van der Waals surface area (Å²) in [6, 6.07) is 2.76. The summed E-state index contributed by atoms with van der Waals surface area (Å²) >= 11 is 0. The molecular formula is C25H39N3O6S. The molecule has 1 aromatic rings. The molecule has 1 aliphatic heterocycles. The van der Waals surface area contributed by atoms with Crippen molar-refractivity contribution in [2.45, 2.75) is 87.8 Å². The minimum absolute atomic E-state index is 0.173. The number of fused-ring (bicyclic) bond motifs is 1. The largest absolute Gasteiger partial charge is 0.459 e. The summed E-state index contributed by atoms with van der Waals surface area (Å²) in [6.45, 7) is 2.52. The quantitative estimate of drug-likeness (QED) is 0.597. The van der Waals surface area contributed by atoms with Crippen molar-refractivity contribution in [2.24, 2.45) is 17.6 Å². The fraction of sp³-hybridized carbons (Fsp3) is 0.760. The molecule has 196 valence electrons. The van der Waals surface area contributed by atoms with E-state index < -0.39 is 15.9 Å². The van der Waals surface area contributed by atoms with Gasteiger partial charge in [0.25, 0.3) is 11.8 Å². The fourth-order valence-electron chi connectivity index (χ4n) is 6.68. The maximum absolute atomic E-state index is 13.4. The highest BCUT2D eigenvalue weighted by Crippen LogP contribution is 2.44. The van der Waals surface area contributed by atoms with Gasteiger partial charge in [-0.05, 0) is 88.8 Å². The van der Waals surface area contributed by atoms with Crippen LogP contribution in [0.3, 0.4) is 0 Å². The van der Waals surface area contributed by atoms with Crippen molar-refractivity contribution in [3.63, 3.8) is 0 Å². The van der Waals surface area contributed by atoms with Gasteiger partial charge in [0.1, 0.15) is 15.9 Å². The van der Waals surface area contributed by atoms with E-state index in [4.69, 9.17) is 10.2 Å². The minimum Gasteiger partial charge on any atom is -0.459 e. The molecule has 5 atom stereocenters. The summed E-state index contributed by atoms with van der Waals surface area (Å²) in [4.78, 5) is 30.3. The van der Waals surface area contributed by atoms with Crippen LogP contribution in [0.15, 0.2) is 22.8 Å². The van der Waals surface area contributed by atoms with E-state index in [0.29, 0.717) is 31.2 Å². The lowest BCUT2D eigenvalue weighted by Crippen LogP contribution is -2.68. The number of aliphatic hydroxyl groups excluding tert-OH is 1. The van der Waals surface area contributed by atoms with Crippen molar-refractivity contribution in [3.8, 4) is 0 Å². The Morgan fingerprint density at radius 3 is 2.43 bits per heavy atom. The molecule has 0 radical (unpaired) electrons. The Morgan fingerprint density at radius 1 is 1.14 bits per heavy atom. The standard InChI is InChI=1S/C25H39N3O6S/c1-16-15-27(25(31)23-4-3-13-34-23)21-14-18(17-5-8-19(9-6-17)35(2,32)33)7-10-20(21)28(16)24(30)22(29)11-12-26/h3-4,13,16-22,29H,5-12,14-15,26H2,1-2H3/t16-,17?,18?,19?,20?,21?,22?/m0/s1. The van der Waals surface area contributed by atoms with Crippen LogP contribution in [0.25, 0.3) is 0 Å². The number of aliphatic hydroxyl groups is 1. The fourth-order valence-corrected chi connectivity index (χ4v) is 7.81. The molecule has 4 rings (SSSR count). The summed E-state index contributed by atoms with van der Waals surface area (Å²) in [5.41, 5.74) is 5.58. The molecule has 1 saturated heterocycles. The van der Waals surface area contributed by atoms with Gasteiger partial charge in [0.2, 0.25) is 0 Å². The lowest BCUT2D eigenvalue weighted by molar-refractivity contribution is -0.153. The number of hydrogen-bond acceptors (Lipinski definition) is 7. The molecule has 35 heavy (non-hydrogen) atoms. The van der Waals surface area contributed by atoms with Crippen molar-refractivity contribution in [1.82, 2.24) is 9.80 Å². The van der Waals surface area contributed by atoms with Gasteiger partial charge < -0.3 is 25.1 Å². The number of carbonyl (C=O) groups excluding carboxylic acids is 2. The zero-order valence-corrected chi connectivity index (χ0v) is 21.5. The van der Waals surface area contributed by atoms with Crippen LogP contribution in [0.2, 0.25) is 0 Å². The number of furan rings is 1. The predicted octanol–water partition coefficient (Wildman–Crippen LogP) is 1.80. The number of carbonyl (C=O) groups is 2. The van der Waals surface area contributed by atoms with Gasteiger partial charge in [-0.25, -0.2) is 8.42 Å². The molecule has 1 aromatic heterocycles. The summed E-state index contributed by atoms with van der Waals surface area (Å²) in [5, 5.41) is 10.2. The molecule has 2 aliphatic carbocycles. The van der Waals surface area contributed by atoms with Gasteiger partial charge in [-0.1, -0.05) is 0 Å². The van der Waals surface area contributed by atoms with E-state index in [0.717, 1.165) is 32.1 Å². The van der Waals surface area contributed by atoms with Crippen LogP contribution in [0.5, 0.6) is 0 Å². The van der Waals surface area contributed by atoms with Crippen molar-refractivity contribution >= 4 is 21.7 Å². The van der Waals surface area contributed by atoms with Crippen molar-refractivity contribution in [3.05, 3.63) is 24.2 Å². The first-order valence-electron chi connectivity index (χ1n) is 12.9. The molecule has 3 fully saturated rings. The van der Waals surface area contributed by atoms with Gasteiger partial charge in [-0.15, -0.1) is 0 Å². The zero-order chi connectivity index (χ0) is 25.3. The third kappa shape index (κ3) is 5.44. The number of amides is 2. The van der Waals surface area contributed by atoms with E-state index in [1.807, 2.05) is 11.8 Å². The number of nitrogens with two attached hydrogens (primary N) is 1. The molecule has 10 heteroatoms. The van der Waals surface area contributed by atoms with Gasteiger partial charge in [0, 0.05) is 18.8 Å². The van der Waals surface area contributed by atoms with Crippen molar-refractivity contribution < 1.29 is 27.5 Å². The first-order chi connectivity index (χ1) is 16.6. The average Bonchev–Trinajstić information content (AvgIpc) is 3.37. The Morgan fingerprint density at radius 2 is 1.83 bits per heavy atom. The Hall–Kier alpha value is -1.91. The Balaban J connectivity index is 1.55. The average molecular weight is 510 g/mol. The number of nitrogens with zero attached hydrogens (tertiary/aromatic N) is 2. The summed E-state index contributed by atoms with van der Waals surface area (Å²) in [6.07, 6.45) is 7.44. The van der Waals surface area contributed by atoms with E-state index in [1.165, 1.54) is 12.5 Å². The Labute approximate surface area is 207 Å². The summed E-state index contributed by atoms with van der Waals surface area (Å²) in [5.74, 6) is 0.585. The summed E-state index contributed by atoms with van der Waals surface area (Å²) < 4.78 is 29.4. The number of piperazine rings is 1. The molecule has 2 saturated carbocycles. The molecule has 9 nitrogen and oxygen atoms in total. The predicted molar refractivity (Wildman–Crippen MR) is 131 cm³/mol. The van der Waals surface area contributed by atoms with Gasteiger partial charge in [-0.3, -0.25) is 9.59 Å². The van der Waals surface area contributed by atoms with Crippen LogP contribution in [-0.2, 0) is 14.6 Å². The number of sulfone groups is 1. The number of hydrogen-bond donors (Lipinski definition) is 2. The van der Waals surface area contributed by atoms with E-state index in [1.54, 1.807) is 17.0 Å². The molecule has 0 aromatic carbocycles. The highest BCUT2D eigenvalue weighted by molar-refractivity contribution is 7.91. The van der Waals surface area contributed by atoms with Crippen LogP contribution in [-0.4, -0.2) is 84.0 Å². The molecule has 3 N–H and O–H groups in total. The van der Waals surface area contributed by atoms with Gasteiger partial charge >= 0.3 is 0 Å². The van der Waals surface area contributed by atoms with Crippen molar-refractivity contribution in [1.29, 1.82) is 0 Å². The molecule has 3 aliphatic rings. The first kappa shape index (κ1) is 26.2. The maximum Gasteiger partial charge on any atom is 0.289 e. The third-order valence-corrected chi connectivity index (χ3v) is 10.2. The highest BCUT2D eigenvalue weighted by atomic mass is 32.2. The normalized spacial score (nSPS) is 32.7. The van der Waals surface area contributed by atoms with Crippen LogP contribution in [0.1, 0.15) is 68.8 Å². The van der Waals surface area contributed by atoms with E-state index >= 15 is 0 Å². The van der Waals surface area contributed by atoms with Gasteiger partial charge in [0.05, 0.1) is 23.6 Å². The Kier molecular flexibility index (Phi) is 7.92. The topological polar surface area (TPSA) is 134 Å². The van der Waals surface area contributed by atoms with Crippen molar-refractivity contribution in [2.75, 3.05) is 19.3 Å². The van der Waals surface area contributed by atoms with Gasteiger partial charge in [-0.2, -0.15) is 0 Å². The molecular weight excluding hydrogens is 470 g/mol. The van der Waals surface area contributed by atoms with Crippen LogP contribution < -0.4 is 5.73 Å². The third-order valence-electron chi connectivity index (χ3n) is 8.48. The van der Waals surface area contributed by atoms with Crippen LogP contribution in [0.4, 0.5) is 0 Å². The molecule has 4 unspecified atom stereocenters. The lowest BCUT2D eigenvalue weighted by atomic mass is 9.69. The first-order valence-corrected chi connectivity index (χ1v) is 14.8. The minimum atomic E-state index is -3.02. The summed E-state index contributed by atoms with van der Waals surface area (Å²) in [7, 11) is -3.02. The van der Waals surface area contributed by atoms with E-state index in [9.17, 15) is 23.1 Å². The zero-order valence-electron chi connectivity index (χ0n) is 20.7. The lowest BCUT2D eigenvalue weighted by Gasteiger charge is -2.55. The van der Waals surface area contributed by atoms with E-state index in [2.05, 4.69) is 0 Å². The Bertz CT molecular complexity index is 989. The number of rotatable bonds is 6.